The van der Waals surface area contributed by atoms with E-state index in [4.69, 9.17) is 4.74 Å². The number of aryl methyl sites for hydroxylation is 1. The maximum absolute atomic E-state index is 13.3. The zero-order valence-corrected chi connectivity index (χ0v) is 18.5. The number of allylic oxidation sites excluding steroid dienone is 3. The van der Waals surface area contributed by atoms with Gasteiger partial charge in [-0.25, -0.2) is 9.07 Å². The van der Waals surface area contributed by atoms with E-state index in [9.17, 15) is 22.4 Å². The Morgan fingerprint density at radius 3 is 2.59 bits per heavy atom. The number of hydrogen-bond acceptors (Lipinski definition) is 3. The molecule has 1 aliphatic rings. The number of carbonyl (C=O) groups excluding carboxylic acids is 1. The summed E-state index contributed by atoms with van der Waals surface area (Å²) in [5, 5.41) is 7.16. The van der Waals surface area contributed by atoms with Gasteiger partial charge in [0.15, 0.2) is 0 Å². The lowest BCUT2D eigenvalue weighted by molar-refractivity contribution is -0.175. The number of halogens is 4. The van der Waals surface area contributed by atoms with Gasteiger partial charge in [-0.1, -0.05) is 24.3 Å². The molecule has 0 spiro atoms. The van der Waals surface area contributed by atoms with Gasteiger partial charge in [0.05, 0.1) is 23.4 Å². The molecule has 1 N–H and O–H groups in total. The van der Waals surface area contributed by atoms with Crippen LogP contribution in [0.4, 0.5) is 17.6 Å². The van der Waals surface area contributed by atoms with Crippen LogP contribution in [0.1, 0.15) is 18.9 Å². The number of nitrogens with one attached hydrogen (secondary N) is 1. The molecule has 34 heavy (non-hydrogen) atoms. The average molecular weight is 473 g/mol. The van der Waals surface area contributed by atoms with Crippen LogP contribution in [0.5, 0.6) is 5.75 Å². The van der Waals surface area contributed by atoms with Crippen LogP contribution in [0, 0.1) is 18.7 Å². The summed E-state index contributed by atoms with van der Waals surface area (Å²) in [6.07, 6.45) is 3.92. The van der Waals surface area contributed by atoms with E-state index in [0.717, 1.165) is 16.5 Å². The summed E-state index contributed by atoms with van der Waals surface area (Å²) < 4.78 is 59.7. The second-order valence-electron chi connectivity index (χ2n) is 8.26. The van der Waals surface area contributed by atoms with Gasteiger partial charge < -0.3 is 10.1 Å². The summed E-state index contributed by atoms with van der Waals surface area (Å²) in [5.74, 6) is -2.11. The Bertz CT molecular complexity index is 1250. The van der Waals surface area contributed by atoms with Gasteiger partial charge in [0, 0.05) is 11.3 Å². The highest BCUT2D eigenvalue weighted by Crippen LogP contribution is 2.31. The van der Waals surface area contributed by atoms with Gasteiger partial charge in [0.2, 0.25) is 0 Å². The van der Waals surface area contributed by atoms with Crippen LogP contribution in [0.2, 0.25) is 0 Å². The molecule has 1 heterocycles. The van der Waals surface area contributed by atoms with Gasteiger partial charge >= 0.3 is 12.1 Å². The predicted molar refractivity (Wildman–Crippen MR) is 120 cm³/mol. The molecular weight excluding hydrogens is 450 g/mol. The van der Waals surface area contributed by atoms with E-state index in [0.29, 0.717) is 17.9 Å². The first kappa shape index (κ1) is 23.5. The summed E-state index contributed by atoms with van der Waals surface area (Å²) in [7, 11) is 0. The number of hydrogen-bond donors (Lipinski definition) is 1. The lowest BCUT2D eigenvalue weighted by atomic mass is 9.90. The van der Waals surface area contributed by atoms with Crippen LogP contribution >= 0.6 is 0 Å². The molecule has 9 heteroatoms. The van der Waals surface area contributed by atoms with Crippen molar-refractivity contribution < 1.29 is 27.1 Å². The molecule has 2 aromatic carbocycles. The molecule has 1 unspecified atom stereocenters. The molecule has 178 valence electrons. The topological polar surface area (TPSA) is 56.1 Å². The largest absolute Gasteiger partial charge is 0.487 e. The first-order chi connectivity index (χ1) is 16.1. The predicted octanol–water partition coefficient (Wildman–Crippen LogP) is 5.42. The second-order valence-corrected chi connectivity index (χ2v) is 8.26. The normalized spacial score (nSPS) is 17.5. The minimum absolute atomic E-state index is 0.231. The molecule has 0 saturated heterocycles. The van der Waals surface area contributed by atoms with E-state index < -0.39 is 24.2 Å². The fourth-order valence-corrected chi connectivity index (χ4v) is 3.99. The van der Waals surface area contributed by atoms with Gasteiger partial charge in [-0.05, 0) is 62.2 Å². The molecule has 1 amide bonds. The molecule has 0 bridgehead atoms. The van der Waals surface area contributed by atoms with Gasteiger partial charge in [-0.15, -0.1) is 0 Å². The van der Waals surface area contributed by atoms with Crippen molar-refractivity contribution >= 4 is 16.8 Å². The van der Waals surface area contributed by atoms with Crippen molar-refractivity contribution in [1.82, 2.24) is 15.1 Å². The Kier molecular flexibility index (Phi) is 6.45. The van der Waals surface area contributed by atoms with Crippen molar-refractivity contribution in [3.63, 3.8) is 0 Å². The third-order valence-corrected chi connectivity index (χ3v) is 5.74. The number of amides is 1. The Morgan fingerprint density at radius 2 is 1.94 bits per heavy atom. The van der Waals surface area contributed by atoms with Crippen molar-refractivity contribution in [1.29, 1.82) is 0 Å². The maximum Gasteiger partial charge on any atom is 0.471 e. The van der Waals surface area contributed by atoms with Crippen LogP contribution in [0.15, 0.2) is 66.9 Å². The molecule has 5 nitrogen and oxygen atoms in total. The summed E-state index contributed by atoms with van der Waals surface area (Å²) in [5.41, 5.74) is 2.20. The van der Waals surface area contributed by atoms with Crippen LogP contribution in [0.3, 0.4) is 0 Å². The first-order valence-electron chi connectivity index (χ1n) is 10.8. The average Bonchev–Trinajstić information content (AvgIpc) is 3.20. The minimum Gasteiger partial charge on any atom is -0.487 e. The minimum atomic E-state index is -4.98. The standard InChI is InChI=1S/C25H23F4N3O2/c1-15-12-21-18(14-30-32(21)20-10-8-19(26)9-11-20)13-22(15)34-23(17-6-4-3-5-7-17)16(2)31-24(33)25(27,28)29/h3-6,8-14,16-17,23H,7H2,1-2H3,(H,31,33)/t16-,17?,23-/m0/s1. The molecule has 3 aromatic rings. The number of aromatic nitrogens is 2. The van der Waals surface area contributed by atoms with Crippen molar-refractivity contribution in [3.05, 3.63) is 78.3 Å². The molecule has 0 saturated carbocycles. The number of ether oxygens (including phenoxy) is 1. The highest BCUT2D eigenvalue weighted by Gasteiger charge is 2.41. The Labute approximate surface area is 193 Å². The van der Waals surface area contributed by atoms with Gasteiger partial charge in [-0.2, -0.15) is 18.3 Å². The lowest BCUT2D eigenvalue weighted by Crippen LogP contribution is -2.51. The van der Waals surface area contributed by atoms with Gasteiger partial charge in [0.1, 0.15) is 17.7 Å². The van der Waals surface area contributed by atoms with E-state index in [1.807, 2.05) is 42.6 Å². The van der Waals surface area contributed by atoms with E-state index in [2.05, 4.69) is 5.10 Å². The fourth-order valence-electron chi connectivity index (χ4n) is 3.99. The highest BCUT2D eigenvalue weighted by atomic mass is 19.4. The Balaban J connectivity index is 1.64. The highest BCUT2D eigenvalue weighted by molar-refractivity contribution is 5.83. The maximum atomic E-state index is 13.3. The molecule has 0 aliphatic heterocycles. The van der Waals surface area contributed by atoms with Crippen molar-refractivity contribution in [2.24, 2.45) is 5.92 Å². The Morgan fingerprint density at radius 1 is 1.21 bits per heavy atom. The van der Waals surface area contributed by atoms with E-state index >= 15 is 0 Å². The van der Waals surface area contributed by atoms with Crippen LogP contribution in [0.25, 0.3) is 16.6 Å². The molecular formula is C25H23F4N3O2. The van der Waals surface area contributed by atoms with E-state index in [1.54, 1.807) is 29.1 Å². The summed E-state index contributed by atoms with van der Waals surface area (Å²) in [4.78, 5) is 11.6. The number of nitrogens with zero attached hydrogens (tertiary/aromatic N) is 2. The summed E-state index contributed by atoms with van der Waals surface area (Å²) >= 11 is 0. The first-order valence-corrected chi connectivity index (χ1v) is 10.8. The van der Waals surface area contributed by atoms with Crippen molar-refractivity contribution in [2.45, 2.75) is 38.6 Å². The van der Waals surface area contributed by atoms with Crippen LogP contribution in [-0.2, 0) is 4.79 Å². The molecule has 4 rings (SSSR count). The van der Waals surface area contributed by atoms with Crippen LogP contribution in [-0.4, -0.2) is 34.0 Å². The molecule has 0 fully saturated rings. The number of alkyl halides is 3. The third kappa shape index (κ3) is 4.98. The zero-order chi connectivity index (χ0) is 24.5. The summed E-state index contributed by atoms with van der Waals surface area (Å²) in [6.45, 7) is 3.32. The van der Waals surface area contributed by atoms with E-state index in [1.165, 1.54) is 19.1 Å². The van der Waals surface area contributed by atoms with E-state index in [-0.39, 0.29) is 11.7 Å². The lowest BCUT2D eigenvalue weighted by Gasteiger charge is -2.32. The van der Waals surface area contributed by atoms with Crippen molar-refractivity contribution in [3.8, 4) is 11.4 Å². The quantitative estimate of drug-likeness (QED) is 0.487. The second kappa shape index (κ2) is 9.32. The monoisotopic (exact) mass is 473 g/mol. The van der Waals surface area contributed by atoms with Gasteiger partial charge in [-0.3, -0.25) is 4.79 Å². The van der Waals surface area contributed by atoms with Gasteiger partial charge in [0.25, 0.3) is 0 Å². The number of rotatable bonds is 6. The molecule has 1 aromatic heterocycles. The Hall–Kier alpha value is -3.62. The summed E-state index contributed by atoms with van der Waals surface area (Å²) in [6, 6.07) is 8.64. The van der Waals surface area contributed by atoms with Crippen molar-refractivity contribution in [2.75, 3.05) is 0 Å². The molecule has 3 atom stereocenters. The number of carbonyl (C=O) groups is 1. The fraction of sp³-hybridized carbons (Fsp3) is 0.280. The SMILES string of the molecule is Cc1cc2c(cnn2-c2ccc(F)cc2)cc1O[C@H](C1C=CC=CC1)[C@H](C)NC(=O)C(F)(F)F. The third-order valence-electron chi connectivity index (χ3n) is 5.74. The smallest absolute Gasteiger partial charge is 0.471 e. The number of fused-ring (bicyclic) bond motifs is 1. The molecule has 1 aliphatic carbocycles. The molecule has 0 radical (unpaired) electrons. The number of benzene rings is 2. The van der Waals surface area contributed by atoms with Crippen LogP contribution < -0.4 is 10.1 Å². The zero-order valence-electron chi connectivity index (χ0n) is 18.5.